The maximum Gasteiger partial charge on any atom is 0.203 e. The van der Waals surface area contributed by atoms with Gasteiger partial charge in [-0.05, 0) is 43.7 Å². The van der Waals surface area contributed by atoms with Gasteiger partial charge in [-0.3, -0.25) is 4.79 Å². The second-order valence-electron chi connectivity index (χ2n) is 6.88. The molecule has 31 heavy (non-hydrogen) atoms. The van der Waals surface area contributed by atoms with E-state index in [1.54, 1.807) is 48.5 Å². The number of ketones is 1. The minimum Gasteiger partial charge on any atom is -0.490 e. The average molecular weight is 415 g/mol. The highest BCUT2D eigenvalue weighted by Gasteiger charge is 2.13. The third kappa shape index (κ3) is 5.58. The van der Waals surface area contributed by atoms with E-state index >= 15 is 0 Å². The molecule has 0 atom stereocenters. The summed E-state index contributed by atoms with van der Waals surface area (Å²) in [7, 11) is 0. The van der Waals surface area contributed by atoms with E-state index in [9.17, 15) is 14.4 Å². The lowest BCUT2D eigenvalue weighted by Gasteiger charge is -2.13. The van der Waals surface area contributed by atoms with Gasteiger partial charge in [-0.2, -0.15) is 5.26 Å². The van der Waals surface area contributed by atoms with Gasteiger partial charge in [-0.15, -0.1) is 0 Å². The molecule has 3 rings (SSSR count). The van der Waals surface area contributed by atoms with Crippen LogP contribution in [-0.2, 0) is 6.61 Å². The molecule has 0 fully saturated rings. The number of benzene rings is 3. The van der Waals surface area contributed by atoms with Crippen LogP contribution in [0.5, 0.6) is 11.5 Å². The van der Waals surface area contributed by atoms with Gasteiger partial charge in [0, 0.05) is 11.1 Å². The molecule has 3 aromatic carbocycles. The summed E-state index contributed by atoms with van der Waals surface area (Å²) in [6.45, 7) is 4.22. The van der Waals surface area contributed by atoms with Crippen molar-refractivity contribution in [2.24, 2.45) is 0 Å². The number of rotatable bonds is 8. The van der Waals surface area contributed by atoms with Crippen LogP contribution in [0.4, 0.5) is 4.39 Å². The van der Waals surface area contributed by atoms with Crippen LogP contribution >= 0.6 is 0 Å². The van der Waals surface area contributed by atoms with Gasteiger partial charge in [-0.1, -0.05) is 54.1 Å². The zero-order chi connectivity index (χ0) is 22.2. The SMILES string of the molecule is CCOc1cc(C=C(C#N)C(=O)c2ccc(C)cc2)ccc1OCc1ccccc1F. The maximum absolute atomic E-state index is 13.8. The Hall–Kier alpha value is -3.91. The van der Waals surface area contributed by atoms with E-state index < -0.39 is 0 Å². The smallest absolute Gasteiger partial charge is 0.203 e. The van der Waals surface area contributed by atoms with E-state index in [1.165, 1.54) is 12.1 Å². The van der Waals surface area contributed by atoms with Crippen molar-refractivity contribution in [2.75, 3.05) is 6.61 Å². The Balaban J connectivity index is 1.84. The molecular formula is C26H22FNO3. The first kappa shape index (κ1) is 21.8. The first-order valence-electron chi connectivity index (χ1n) is 9.88. The third-order valence-electron chi connectivity index (χ3n) is 4.60. The first-order valence-corrected chi connectivity index (χ1v) is 9.88. The van der Waals surface area contributed by atoms with Crippen LogP contribution in [0.2, 0.25) is 0 Å². The molecule has 0 aliphatic heterocycles. The van der Waals surface area contributed by atoms with E-state index in [4.69, 9.17) is 9.47 Å². The van der Waals surface area contributed by atoms with E-state index in [1.807, 2.05) is 32.0 Å². The van der Waals surface area contributed by atoms with E-state index in [0.29, 0.717) is 34.8 Å². The van der Waals surface area contributed by atoms with Crippen LogP contribution in [0, 0.1) is 24.1 Å². The summed E-state index contributed by atoms with van der Waals surface area (Å²) in [5.74, 6) is 0.215. The van der Waals surface area contributed by atoms with E-state index in [0.717, 1.165) is 5.56 Å². The zero-order valence-corrected chi connectivity index (χ0v) is 17.4. The molecule has 0 N–H and O–H groups in total. The molecule has 0 radical (unpaired) electrons. The van der Waals surface area contributed by atoms with Crippen molar-refractivity contribution in [2.45, 2.75) is 20.5 Å². The number of hydrogen-bond acceptors (Lipinski definition) is 4. The van der Waals surface area contributed by atoms with E-state index in [2.05, 4.69) is 0 Å². The molecule has 0 aliphatic rings. The summed E-state index contributed by atoms with van der Waals surface area (Å²) < 4.78 is 25.3. The molecular weight excluding hydrogens is 393 g/mol. The van der Waals surface area contributed by atoms with E-state index in [-0.39, 0.29) is 23.8 Å². The number of nitriles is 1. The number of allylic oxidation sites excluding steroid dienone is 1. The molecule has 5 heteroatoms. The molecule has 0 saturated heterocycles. The van der Waals surface area contributed by atoms with Crippen LogP contribution in [0.25, 0.3) is 6.08 Å². The van der Waals surface area contributed by atoms with Crippen molar-refractivity contribution in [1.29, 1.82) is 5.26 Å². The molecule has 0 amide bonds. The minimum absolute atomic E-state index is 0.0197. The van der Waals surface area contributed by atoms with Crippen molar-refractivity contribution in [3.8, 4) is 17.6 Å². The Morgan fingerprint density at radius 3 is 2.45 bits per heavy atom. The molecule has 0 spiro atoms. The molecule has 0 heterocycles. The Labute approximate surface area is 181 Å². The second-order valence-corrected chi connectivity index (χ2v) is 6.88. The largest absolute Gasteiger partial charge is 0.490 e. The summed E-state index contributed by atoms with van der Waals surface area (Å²) in [6.07, 6.45) is 1.52. The number of nitrogens with zero attached hydrogens (tertiary/aromatic N) is 1. The standard InChI is InChI=1S/C26H22FNO3/c1-3-30-25-15-19(10-13-24(25)31-17-21-6-4-5-7-23(21)27)14-22(16-28)26(29)20-11-8-18(2)9-12-20/h4-15H,3,17H2,1-2H3. The number of hydrogen-bond donors (Lipinski definition) is 0. The fraction of sp³-hybridized carbons (Fsp3) is 0.154. The second kappa shape index (κ2) is 10.2. The minimum atomic E-state index is -0.347. The molecule has 0 aliphatic carbocycles. The number of Topliss-reactive ketones (excluding diaryl/α,β-unsaturated/α-hetero) is 1. The monoisotopic (exact) mass is 415 g/mol. The maximum atomic E-state index is 13.8. The number of halogens is 1. The highest BCUT2D eigenvalue weighted by atomic mass is 19.1. The molecule has 0 bridgehead atoms. The third-order valence-corrected chi connectivity index (χ3v) is 4.60. The van der Waals surface area contributed by atoms with Gasteiger partial charge in [-0.25, -0.2) is 4.39 Å². The number of carbonyl (C=O) groups is 1. The fourth-order valence-corrected chi connectivity index (χ4v) is 2.95. The Morgan fingerprint density at radius 2 is 1.77 bits per heavy atom. The van der Waals surface area contributed by atoms with Crippen molar-refractivity contribution < 1.29 is 18.7 Å². The Morgan fingerprint density at radius 1 is 1.03 bits per heavy atom. The summed E-state index contributed by atoms with van der Waals surface area (Å²) in [5.41, 5.74) is 2.56. The predicted molar refractivity (Wildman–Crippen MR) is 117 cm³/mol. The topological polar surface area (TPSA) is 59.3 Å². The van der Waals surface area contributed by atoms with Crippen molar-refractivity contribution in [1.82, 2.24) is 0 Å². The first-order chi connectivity index (χ1) is 15.0. The highest BCUT2D eigenvalue weighted by Crippen LogP contribution is 2.30. The Bertz CT molecular complexity index is 1140. The van der Waals surface area contributed by atoms with Gasteiger partial charge in [0.15, 0.2) is 11.5 Å². The van der Waals surface area contributed by atoms with Crippen molar-refractivity contribution >= 4 is 11.9 Å². The lowest BCUT2D eigenvalue weighted by Crippen LogP contribution is -2.03. The fourth-order valence-electron chi connectivity index (χ4n) is 2.95. The van der Waals surface area contributed by atoms with Crippen LogP contribution in [0.15, 0.2) is 72.3 Å². The quantitative estimate of drug-likeness (QED) is 0.261. The molecule has 3 aromatic rings. The molecule has 4 nitrogen and oxygen atoms in total. The van der Waals surface area contributed by atoms with Gasteiger partial charge in [0.05, 0.1) is 6.61 Å². The molecule has 156 valence electrons. The number of carbonyl (C=O) groups excluding carboxylic acids is 1. The summed E-state index contributed by atoms with van der Waals surface area (Å²) in [5, 5.41) is 9.51. The van der Waals surface area contributed by atoms with Gasteiger partial charge in [0.25, 0.3) is 0 Å². The zero-order valence-electron chi connectivity index (χ0n) is 17.4. The molecule has 0 saturated carbocycles. The number of aryl methyl sites for hydroxylation is 1. The summed E-state index contributed by atoms with van der Waals surface area (Å²) in [6, 6.07) is 20.5. The number of ether oxygens (including phenoxy) is 2. The van der Waals surface area contributed by atoms with Crippen molar-refractivity contribution in [3.63, 3.8) is 0 Å². The van der Waals surface area contributed by atoms with Gasteiger partial charge < -0.3 is 9.47 Å². The van der Waals surface area contributed by atoms with Crippen LogP contribution in [0.3, 0.4) is 0 Å². The van der Waals surface area contributed by atoms with Gasteiger partial charge >= 0.3 is 0 Å². The van der Waals surface area contributed by atoms with Crippen molar-refractivity contribution in [3.05, 3.63) is 100 Å². The normalized spacial score (nSPS) is 11.0. The molecule has 0 unspecified atom stereocenters. The lowest BCUT2D eigenvalue weighted by atomic mass is 10.0. The molecule has 0 aromatic heterocycles. The van der Waals surface area contributed by atoms with Crippen LogP contribution < -0.4 is 9.47 Å². The van der Waals surface area contributed by atoms with Crippen LogP contribution in [-0.4, -0.2) is 12.4 Å². The van der Waals surface area contributed by atoms with Gasteiger partial charge in [0.2, 0.25) is 5.78 Å². The highest BCUT2D eigenvalue weighted by molar-refractivity contribution is 6.14. The lowest BCUT2D eigenvalue weighted by molar-refractivity contribution is 0.104. The van der Waals surface area contributed by atoms with Gasteiger partial charge in [0.1, 0.15) is 24.1 Å². The average Bonchev–Trinajstić information content (AvgIpc) is 2.78. The predicted octanol–water partition coefficient (Wildman–Crippen LogP) is 5.90. The summed E-state index contributed by atoms with van der Waals surface area (Å²) in [4.78, 5) is 12.7. The van der Waals surface area contributed by atoms with Crippen LogP contribution in [0.1, 0.15) is 34.0 Å². The Kier molecular flexibility index (Phi) is 7.18. The summed E-state index contributed by atoms with van der Waals surface area (Å²) >= 11 is 0.